The van der Waals surface area contributed by atoms with Gasteiger partial charge in [0, 0.05) is 0 Å². The Morgan fingerprint density at radius 1 is 0.941 bits per heavy atom. The molecule has 17 heavy (non-hydrogen) atoms. The Labute approximate surface area is 111 Å². The summed E-state index contributed by atoms with van der Waals surface area (Å²) in [6, 6.07) is 0. The zero-order valence-electron chi connectivity index (χ0n) is 13.7. The minimum absolute atomic E-state index is 0.450. The molecule has 0 aliphatic heterocycles. The van der Waals surface area contributed by atoms with Gasteiger partial charge in [-0.15, -0.1) is 0 Å². The molecule has 0 heterocycles. The highest BCUT2D eigenvalue weighted by Crippen LogP contribution is 2.56. The van der Waals surface area contributed by atoms with Crippen LogP contribution >= 0.6 is 0 Å². The van der Waals surface area contributed by atoms with E-state index in [9.17, 15) is 0 Å². The molecule has 0 bridgehead atoms. The molecule has 0 saturated heterocycles. The molecule has 0 aliphatic carbocycles. The molecule has 0 N–H and O–H groups in total. The van der Waals surface area contributed by atoms with E-state index in [1.54, 1.807) is 0 Å². The smallest absolute Gasteiger partial charge is 0.0198 e. The third-order valence-corrected chi connectivity index (χ3v) is 5.61. The highest BCUT2D eigenvalue weighted by molar-refractivity contribution is 4.97. The standard InChI is InChI=1S/C17H36/c1-9-12-13-17(14(4)5,15(6)10-2)16(7,8)11-3/h14-15H,9-13H2,1-8H3. The molecule has 0 spiro atoms. The van der Waals surface area contributed by atoms with Crippen molar-refractivity contribution in [3.63, 3.8) is 0 Å². The van der Waals surface area contributed by atoms with Crippen molar-refractivity contribution in [3.8, 4) is 0 Å². The molecule has 0 aromatic carbocycles. The van der Waals surface area contributed by atoms with Crippen molar-refractivity contribution in [2.45, 2.75) is 87.5 Å². The molecule has 0 aromatic heterocycles. The van der Waals surface area contributed by atoms with Crippen LogP contribution in [0.15, 0.2) is 0 Å². The van der Waals surface area contributed by atoms with Crippen LogP contribution in [0.4, 0.5) is 0 Å². The van der Waals surface area contributed by atoms with Crippen LogP contribution < -0.4 is 0 Å². The molecular weight excluding hydrogens is 204 g/mol. The molecule has 0 amide bonds. The summed E-state index contributed by atoms with van der Waals surface area (Å²) in [5, 5.41) is 0. The molecule has 0 heteroatoms. The first-order chi connectivity index (χ1) is 7.80. The van der Waals surface area contributed by atoms with Crippen molar-refractivity contribution >= 4 is 0 Å². The zero-order valence-corrected chi connectivity index (χ0v) is 13.7. The van der Waals surface area contributed by atoms with E-state index in [1.165, 1.54) is 32.1 Å². The lowest BCUT2D eigenvalue weighted by atomic mass is 9.51. The van der Waals surface area contributed by atoms with E-state index in [4.69, 9.17) is 0 Å². The van der Waals surface area contributed by atoms with Crippen LogP contribution in [-0.4, -0.2) is 0 Å². The summed E-state index contributed by atoms with van der Waals surface area (Å²) in [5.74, 6) is 1.60. The van der Waals surface area contributed by atoms with Gasteiger partial charge in [-0.05, 0) is 29.1 Å². The summed E-state index contributed by atoms with van der Waals surface area (Å²) >= 11 is 0. The normalized spacial score (nSPS) is 18.2. The van der Waals surface area contributed by atoms with Crippen LogP contribution in [0.2, 0.25) is 0 Å². The number of hydrogen-bond donors (Lipinski definition) is 0. The molecule has 0 fully saturated rings. The quantitative estimate of drug-likeness (QED) is 0.467. The third kappa shape index (κ3) is 3.26. The highest BCUT2D eigenvalue weighted by Gasteiger charge is 2.48. The van der Waals surface area contributed by atoms with E-state index in [0.29, 0.717) is 10.8 Å². The maximum atomic E-state index is 2.49. The second-order valence-corrected chi connectivity index (χ2v) is 6.85. The first kappa shape index (κ1) is 17.0. The van der Waals surface area contributed by atoms with Crippen molar-refractivity contribution in [2.24, 2.45) is 22.7 Å². The summed E-state index contributed by atoms with van der Waals surface area (Å²) in [5.41, 5.74) is 0.957. The summed E-state index contributed by atoms with van der Waals surface area (Å²) in [6.07, 6.45) is 6.71. The van der Waals surface area contributed by atoms with E-state index in [-0.39, 0.29) is 0 Å². The fourth-order valence-electron chi connectivity index (χ4n) is 4.05. The molecule has 0 rings (SSSR count). The SMILES string of the molecule is CCCCC(C(C)C)(C(C)CC)C(C)(C)CC. The van der Waals surface area contributed by atoms with Crippen LogP contribution in [-0.2, 0) is 0 Å². The van der Waals surface area contributed by atoms with Crippen molar-refractivity contribution < 1.29 is 0 Å². The molecule has 0 radical (unpaired) electrons. The van der Waals surface area contributed by atoms with Gasteiger partial charge in [0.05, 0.1) is 0 Å². The molecule has 2 atom stereocenters. The van der Waals surface area contributed by atoms with Crippen molar-refractivity contribution in [1.29, 1.82) is 0 Å². The maximum Gasteiger partial charge on any atom is -0.0198 e. The van der Waals surface area contributed by atoms with Crippen molar-refractivity contribution in [3.05, 3.63) is 0 Å². The molecule has 0 saturated carbocycles. The van der Waals surface area contributed by atoms with E-state index >= 15 is 0 Å². The first-order valence-corrected chi connectivity index (χ1v) is 7.80. The Kier molecular flexibility index (Phi) is 6.81. The number of rotatable bonds is 8. The van der Waals surface area contributed by atoms with Gasteiger partial charge < -0.3 is 0 Å². The van der Waals surface area contributed by atoms with Gasteiger partial charge in [-0.3, -0.25) is 0 Å². The lowest BCUT2D eigenvalue weighted by molar-refractivity contribution is -0.0514. The van der Waals surface area contributed by atoms with E-state index in [1.807, 2.05) is 0 Å². The second kappa shape index (κ2) is 6.81. The molecule has 0 nitrogen and oxygen atoms in total. The Bertz CT molecular complexity index is 202. The van der Waals surface area contributed by atoms with Gasteiger partial charge in [0.2, 0.25) is 0 Å². The topological polar surface area (TPSA) is 0 Å². The number of hydrogen-bond acceptors (Lipinski definition) is 0. The summed E-state index contributed by atoms with van der Waals surface area (Å²) in [6.45, 7) is 19.4. The molecule has 0 aliphatic rings. The monoisotopic (exact) mass is 240 g/mol. The fraction of sp³-hybridized carbons (Fsp3) is 1.00. The molecule has 104 valence electrons. The van der Waals surface area contributed by atoms with E-state index in [2.05, 4.69) is 55.4 Å². The van der Waals surface area contributed by atoms with Gasteiger partial charge >= 0.3 is 0 Å². The van der Waals surface area contributed by atoms with Crippen LogP contribution in [0.1, 0.15) is 87.5 Å². The Balaban J connectivity index is 5.39. The number of unbranched alkanes of at least 4 members (excludes halogenated alkanes) is 1. The lowest BCUT2D eigenvalue weighted by Gasteiger charge is -2.54. The van der Waals surface area contributed by atoms with E-state index in [0.717, 1.165) is 11.8 Å². The minimum atomic E-state index is 0.450. The van der Waals surface area contributed by atoms with Gasteiger partial charge in [-0.2, -0.15) is 0 Å². The predicted molar refractivity (Wildman–Crippen MR) is 80.3 cm³/mol. The predicted octanol–water partition coefficient (Wildman–Crippen LogP) is 6.30. The molecule has 0 aromatic rings. The Morgan fingerprint density at radius 2 is 1.47 bits per heavy atom. The Hall–Kier alpha value is 0. The van der Waals surface area contributed by atoms with Crippen LogP contribution in [0, 0.1) is 22.7 Å². The van der Waals surface area contributed by atoms with Gasteiger partial charge in [0.15, 0.2) is 0 Å². The largest absolute Gasteiger partial charge is 0.0654 e. The van der Waals surface area contributed by atoms with Crippen LogP contribution in [0.3, 0.4) is 0 Å². The zero-order chi connectivity index (χ0) is 13.7. The van der Waals surface area contributed by atoms with Crippen LogP contribution in [0.25, 0.3) is 0 Å². The van der Waals surface area contributed by atoms with Gasteiger partial charge in [-0.25, -0.2) is 0 Å². The average molecular weight is 240 g/mol. The average Bonchev–Trinajstić information content (AvgIpc) is 2.28. The molecule has 2 unspecified atom stereocenters. The van der Waals surface area contributed by atoms with Gasteiger partial charge in [-0.1, -0.05) is 81.1 Å². The Morgan fingerprint density at radius 3 is 1.76 bits per heavy atom. The minimum Gasteiger partial charge on any atom is -0.0654 e. The third-order valence-electron chi connectivity index (χ3n) is 5.61. The second-order valence-electron chi connectivity index (χ2n) is 6.85. The van der Waals surface area contributed by atoms with Crippen molar-refractivity contribution in [1.82, 2.24) is 0 Å². The van der Waals surface area contributed by atoms with Crippen LogP contribution in [0.5, 0.6) is 0 Å². The van der Waals surface area contributed by atoms with Gasteiger partial charge in [0.25, 0.3) is 0 Å². The maximum absolute atomic E-state index is 2.49. The summed E-state index contributed by atoms with van der Waals surface area (Å²) < 4.78 is 0. The fourth-order valence-corrected chi connectivity index (χ4v) is 4.05. The van der Waals surface area contributed by atoms with Gasteiger partial charge in [0.1, 0.15) is 0 Å². The summed E-state index contributed by atoms with van der Waals surface area (Å²) in [7, 11) is 0. The van der Waals surface area contributed by atoms with E-state index < -0.39 is 0 Å². The molecular formula is C17H36. The highest BCUT2D eigenvalue weighted by atomic mass is 14.5. The van der Waals surface area contributed by atoms with Crippen molar-refractivity contribution in [2.75, 3.05) is 0 Å². The summed E-state index contributed by atoms with van der Waals surface area (Å²) in [4.78, 5) is 0. The first-order valence-electron chi connectivity index (χ1n) is 7.80. The lowest BCUT2D eigenvalue weighted by Crippen LogP contribution is -2.46.